The number of ether oxygens (including phenoxy) is 1. The van der Waals surface area contributed by atoms with Crippen molar-refractivity contribution in [3.63, 3.8) is 0 Å². The molecule has 0 saturated heterocycles. The van der Waals surface area contributed by atoms with Crippen molar-refractivity contribution < 1.29 is 4.74 Å². The Morgan fingerprint density at radius 1 is 1.11 bits per heavy atom. The van der Waals surface area contributed by atoms with Gasteiger partial charge in [-0.05, 0) is 38.3 Å². The van der Waals surface area contributed by atoms with Crippen LogP contribution in [0.25, 0.3) is 0 Å². The zero-order valence-electron chi connectivity index (χ0n) is 12.7. The summed E-state index contributed by atoms with van der Waals surface area (Å²) in [7, 11) is 0. The first-order valence-corrected chi connectivity index (χ1v) is 7.63. The number of rotatable bonds is 10. The van der Waals surface area contributed by atoms with Crippen molar-refractivity contribution in [3.8, 4) is 0 Å². The molecule has 0 aromatic heterocycles. The summed E-state index contributed by atoms with van der Waals surface area (Å²) in [6, 6.07) is 10.9. The average molecular weight is 263 g/mol. The average Bonchev–Trinajstić information content (AvgIpc) is 2.48. The summed E-state index contributed by atoms with van der Waals surface area (Å²) >= 11 is 0. The van der Waals surface area contributed by atoms with Gasteiger partial charge >= 0.3 is 0 Å². The molecule has 0 aliphatic rings. The van der Waals surface area contributed by atoms with Gasteiger partial charge in [-0.1, -0.05) is 44.2 Å². The number of hydrogen-bond acceptors (Lipinski definition) is 2. The maximum Gasteiger partial charge on any atom is 0.0466 e. The first-order valence-electron chi connectivity index (χ1n) is 7.63. The Bertz CT molecular complexity index is 325. The Morgan fingerprint density at radius 3 is 2.42 bits per heavy atom. The lowest BCUT2D eigenvalue weighted by atomic mass is 9.74. The normalized spacial score (nSPS) is 14.3. The zero-order valence-corrected chi connectivity index (χ0v) is 12.7. The molecule has 0 radical (unpaired) electrons. The summed E-state index contributed by atoms with van der Waals surface area (Å²) in [5.41, 5.74) is 1.70. The van der Waals surface area contributed by atoms with Crippen LogP contribution in [0.3, 0.4) is 0 Å². The molecule has 0 bridgehead atoms. The molecule has 0 aliphatic heterocycles. The smallest absolute Gasteiger partial charge is 0.0466 e. The van der Waals surface area contributed by atoms with Crippen LogP contribution in [0.2, 0.25) is 0 Å². The first-order chi connectivity index (χ1) is 9.29. The van der Waals surface area contributed by atoms with Gasteiger partial charge in [-0.3, -0.25) is 0 Å². The van der Waals surface area contributed by atoms with E-state index in [1.807, 2.05) is 0 Å². The van der Waals surface area contributed by atoms with E-state index in [-0.39, 0.29) is 5.41 Å². The van der Waals surface area contributed by atoms with E-state index in [1.165, 1.54) is 12.0 Å². The minimum Gasteiger partial charge on any atom is -0.382 e. The van der Waals surface area contributed by atoms with Crippen molar-refractivity contribution in [1.29, 1.82) is 0 Å². The molecule has 1 aromatic rings. The van der Waals surface area contributed by atoms with Crippen molar-refractivity contribution in [2.75, 3.05) is 26.3 Å². The third-order valence-corrected chi connectivity index (χ3v) is 3.92. The van der Waals surface area contributed by atoms with Crippen LogP contribution in [0.5, 0.6) is 0 Å². The summed E-state index contributed by atoms with van der Waals surface area (Å²) in [6.45, 7) is 10.3. The highest BCUT2D eigenvalue weighted by atomic mass is 16.5. The summed E-state index contributed by atoms with van der Waals surface area (Å²) < 4.78 is 5.49. The Kier molecular flexibility index (Phi) is 7.76. The van der Waals surface area contributed by atoms with E-state index in [2.05, 4.69) is 56.4 Å². The molecule has 1 aromatic carbocycles. The second-order valence-electron chi connectivity index (χ2n) is 5.08. The molecule has 1 atom stereocenters. The lowest BCUT2D eigenvalue weighted by Gasteiger charge is -2.34. The Balaban J connectivity index is 2.75. The third-order valence-electron chi connectivity index (χ3n) is 3.92. The van der Waals surface area contributed by atoms with Gasteiger partial charge in [0.25, 0.3) is 0 Å². The van der Waals surface area contributed by atoms with Crippen molar-refractivity contribution in [3.05, 3.63) is 35.9 Å². The van der Waals surface area contributed by atoms with E-state index in [0.717, 1.165) is 39.1 Å². The molecule has 0 heterocycles. The Morgan fingerprint density at radius 2 is 1.84 bits per heavy atom. The van der Waals surface area contributed by atoms with Crippen LogP contribution in [0, 0.1) is 0 Å². The van der Waals surface area contributed by atoms with Crippen molar-refractivity contribution in [2.45, 2.75) is 45.4 Å². The lowest BCUT2D eigenvalue weighted by Crippen LogP contribution is -2.38. The SMILES string of the molecule is CCNCC(CC)(CCCOCC)c1ccccc1. The van der Waals surface area contributed by atoms with Gasteiger partial charge in [0.15, 0.2) is 0 Å². The van der Waals surface area contributed by atoms with Crippen LogP contribution in [0.1, 0.15) is 45.6 Å². The fraction of sp³-hybridized carbons (Fsp3) is 0.647. The number of likely N-dealkylation sites (N-methyl/N-ethyl adjacent to an activating group) is 1. The molecule has 0 fully saturated rings. The van der Waals surface area contributed by atoms with Gasteiger partial charge in [-0.2, -0.15) is 0 Å². The predicted octanol–water partition coefficient (Wildman–Crippen LogP) is 3.76. The molecule has 0 saturated carbocycles. The second-order valence-corrected chi connectivity index (χ2v) is 5.08. The van der Waals surface area contributed by atoms with Gasteiger partial charge in [0, 0.05) is 25.2 Å². The number of nitrogens with one attached hydrogen (secondary N) is 1. The molecule has 19 heavy (non-hydrogen) atoms. The topological polar surface area (TPSA) is 21.3 Å². The Labute approximate surface area is 118 Å². The van der Waals surface area contributed by atoms with Crippen LogP contribution >= 0.6 is 0 Å². The third kappa shape index (κ3) is 4.96. The van der Waals surface area contributed by atoms with Gasteiger partial charge in [-0.15, -0.1) is 0 Å². The molecule has 1 rings (SSSR count). The van der Waals surface area contributed by atoms with Gasteiger partial charge in [0.2, 0.25) is 0 Å². The summed E-state index contributed by atoms with van der Waals surface area (Å²) in [6.07, 6.45) is 3.47. The zero-order chi connectivity index (χ0) is 14.0. The molecule has 0 amide bonds. The molecule has 0 aliphatic carbocycles. The van der Waals surface area contributed by atoms with Gasteiger partial charge in [0.05, 0.1) is 0 Å². The van der Waals surface area contributed by atoms with Crippen molar-refractivity contribution in [2.24, 2.45) is 0 Å². The largest absolute Gasteiger partial charge is 0.382 e. The number of hydrogen-bond donors (Lipinski definition) is 1. The van der Waals surface area contributed by atoms with Gasteiger partial charge < -0.3 is 10.1 Å². The van der Waals surface area contributed by atoms with Crippen LogP contribution in [-0.2, 0) is 10.2 Å². The minimum absolute atomic E-state index is 0.244. The molecule has 1 N–H and O–H groups in total. The quantitative estimate of drug-likeness (QED) is 0.649. The van der Waals surface area contributed by atoms with Crippen molar-refractivity contribution >= 4 is 0 Å². The molecule has 1 unspecified atom stereocenters. The van der Waals surface area contributed by atoms with E-state index in [9.17, 15) is 0 Å². The van der Waals surface area contributed by atoms with Crippen molar-refractivity contribution in [1.82, 2.24) is 5.32 Å². The first kappa shape index (κ1) is 16.2. The lowest BCUT2D eigenvalue weighted by molar-refractivity contribution is 0.136. The molecular weight excluding hydrogens is 234 g/mol. The molecular formula is C17H29NO. The second kappa shape index (κ2) is 9.11. The highest BCUT2D eigenvalue weighted by molar-refractivity contribution is 5.25. The molecule has 108 valence electrons. The monoisotopic (exact) mass is 263 g/mol. The molecule has 2 nitrogen and oxygen atoms in total. The van der Waals surface area contributed by atoms with E-state index >= 15 is 0 Å². The highest BCUT2D eigenvalue weighted by Gasteiger charge is 2.29. The number of benzene rings is 1. The minimum atomic E-state index is 0.244. The summed E-state index contributed by atoms with van der Waals surface area (Å²) in [4.78, 5) is 0. The standard InChI is InChI=1S/C17H29NO/c1-4-17(15-18-5-2,13-10-14-19-6-3)16-11-8-7-9-12-16/h7-9,11-12,18H,4-6,10,13-15H2,1-3H3. The summed E-state index contributed by atoms with van der Waals surface area (Å²) in [5, 5.41) is 3.54. The van der Waals surface area contributed by atoms with Crippen LogP contribution in [-0.4, -0.2) is 26.3 Å². The van der Waals surface area contributed by atoms with Gasteiger partial charge in [-0.25, -0.2) is 0 Å². The fourth-order valence-electron chi connectivity index (χ4n) is 2.65. The van der Waals surface area contributed by atoms with E-state index in [0.29, 0.717) is 0 Å². The molecule has 0 spiro atoms. The van der Waals surface area contributed by atoms with Crippen LogP contribution < -0.4 is 5.32 Å². The Hall–Kier alpha value is -0.860. The molecule has 2 heteroatoms. The van der Waals surface area contributed by atoms with Gasteiger partial charge in [0.1, 0.15) is 0 Å². The van der Waals surface area contributed by atoms with E-state index in [4.69, 9.17) is 4.74 Å². The summed E-state index contributed by atoms with van der Waals surface area (Å²) in [5.74, 6) is 0. The van der Waals surface area contributed by atoms with Crippen LogP contribution in [0.15, 0.2) is 30.3 Å². The van der Waals surface area contributed by atoms with E-state index in [1.54, 1.807) is 0 Å². The maximum atomic E-state index is 5.49. The predicted molar refractivity (Wildman–Crippen MR) is 82.7 cm³/mol. The highest BCUT2D eigenvalue weighted by Crippen LogP contribution is 2.32. The maximum absolute atomic E-state index is 5.49. The fourth-order valence-corrected chi connectivity index (χ4v) is 2.65. The van der Waals surface area contributed by atoms with Crippen LogP contribution in [0.4, 0.5) is 0 Å². The van der Waals surface area contributed by atoms with E-state index < -0.39 is 0 Å².